The summed E-state index contributed by atoms with van der Waals surface area (Å²) < 4.78 is 0. The van der Waals surface area contributed by atoms with Gasteiger partial charge in [0, 0.05) is 91.1 Å². The summed E-state index contributed by atoms with van der Waals surface area (Å²) in [4.78, 5) is 0. The molecule has 0 aliphatic carbocycles. The molecule has 4 heavy (non-hydrogen) atoms. The molecule has 0 atom stereocenters. The van der Waals surface area contributed by atoms with Crippen molar-refractivity contribution in [2.45, 2.75) is 0 Å². The summed E-state index contributed by atoms with van der Waals surface area (Å²) in [5, 5.41) is 0. The van der Waals surface area contributed by atoms with Crippen LogP contribution >= 0.6 is 0 Å². The van der Waals surface area contributed by atoms with Crippen LogP contribution in [0.3, 0.4) is 0 Å². The molecule has 0 fully saturated rings. The first-order valence-corrected chi connectivity index (χ1v) is 0. The Balaban J connectivity index is 0. The first kappa shape index (κ1) is 28.5. The van der Waals surface area contributed by atoms with Gasteiger partial charge in [-0.1, -0.05) is 0 Å². The number of hydrogen-bond acceptors (Lipinski definition) is 0. The van der Waals surface area contributed by atoms with E-state index in [1.807, 2.05) is 0 Å². The van der Waals surface area contributed by atoms with E-state index in [9.17, 15) is 0 Å². The van der Waals surface area contributed by atoms with Gasteiger partial charge in [0.05, 0.1) is 0 Å². The molecular formula is CaCoFeZn. The van der Waals surface area contributed by atoms with Gasteiger partial charge in [0.1, 0.15) is 0 Å². The van der Waals surface area contributed by atoms with Gasteiger partial charge in [-0.05, 0) is 0 Å². The summed E-state index contributed by atoms with van der Waals surface area (Å²) in [6.07, 6.45) is 0. The van der Waals surface area contributed by atoms with Crippen LogP contribution < -0.4 is 0 Å². The Kier molecular flexibility index (Phi) is 120. The van der Waals surface area contributed by atoms with Crippen molar-refractivity contribution < 1.29 is 53.3 Å². The van der Waals surface area contributed by atoms with Crippen molar-refractivity contribution in [1.82, 2.24) is 0 Å². The molecule has 0 aliphatic rings. The van der Waals surface area contributed by atoms with Gasteiger partial charge < -0.3 is 0 Å². The normalized spacial score (nSPS) is 0. The quantitative estimate of drug-likeness (QED) is 0.488. The molecule has 0 rings (SSSR count). The SMILES string of the molecule is [Ca].[Co].[Fe].[Zn]. The van der Waals surface area contributed by atoms with Crippen molar-refractivity contribution in [2.24, 2.45) is 0 Å². The summed E-state index contributed by atoms with van der Waals surface area (Å²) in [6.45, 7) is 0. The van der Waals surface area contributed by atoms with Crippen LogP contribution in [0.2, 0.25) is 0 Å². The van der Waals surface area contributed by atoms with E-state index in [-0.39, 0.29) is 91.1 Å². The second-order valence-electron chi connectivity index (χ2n) is 0. The minimum Gasteiger partial charge on any atom is 0 e. The minimum absolute atomic E-state index is 0. The van der Waals surface area contributed by atoms with Crippen molar-refractivity contribution in [3.63, 3.8) is 0 Å². The number of hydrogen-bond donors (Lipinski definition) is 0. The van der Waals surface area contributed by atoms with Crippen LogP contribution in [0.15, 0.2) is 0 Å². The molecule has 0 aromatic carbocycles. The molecule has 0 N–H and O–H groups in total. The zero-order chi connectivity index (χ0) is 0. The van der Waals surface area contributed by atoms with E-state index in [0.29, 0.717) is 0 Å². The Bertz CT molecular complexity index is 8.00. The molecule has 0 aromatic rings. The fourth-order valence-corrected chi connectivity index (χ4v) is 0. The van der Waals surface area contributed by atoms with E-state index in [0.717, 1.165) is 0 Å². The topological polar surface area (TPSA) is 0 Å². The van der Waals surface area contributed by atoms with Gasteiger partial charge in [0.25, 0.3) is 0 Å². The Morgan fingerprint density at radius 3 is 1.00 bits per heavy atom. The maximum atomic E-state index is 0. The Morgan fingerprint density at radius 2 is 1.00 bits per heavy atom. The molecule has 0 bridgehead atoms. The van der Waals surface area contributed by atoms with E-state index in [1.54, 1.807) is 0 Å². The molecule has 0 unspecified atom stereocenters. The van der Waals surface area contributed by atoms with Gasteiger partial charge in [0.15, 0.2) is 0 Å². The smallest absolute Gasteiger partial charge is 0 e. The van der Waals surface area contributed by atoms with Crippen molar-refractivity contribution >= 4 is 37.7 Å². The second-order valence-corrected chi connectivity index (χ2v) is 0. The van der Waals surface area contributed by atoms with Crippen molar-refractivity contribution in [3.05, 3.63) is 0 Å². The minimum atomic E-state index is 0. The third-order valence-electron chi connectivity index (χ3n) is 0. The average molecular weight is 220 g/mol. The zero-order valence-electron chi connectivity index (χ0n) is 2.10. The summed E-state index contributed by atoms with van der Waals surface area (Å²) in [5.41, 5.74) is 0. The van der Waals surface area contributed by atoms with Gasteiger partial charge in [-0.3, -0.25) is 0 Å². The van der Waals surface area contributed by atoms with Gasteiger partial charge in [0.2, 0.25) is 0 Å². The van der Waals surface area contributed by atoms with E-state index in [1.165, 1.54) is 0 Å². The van der Waals surface area contributed by atoms with Gasteiger partial charge in [-0.25, -0.2) is 0 Å². The number of rotatable bonds is 0. The molecule has 0 spiro atoms. The van der Waals surface area contributed by atoms with Gasteiger partial charge in [-0.15, -0.1) is 0 Å². The summed E-state index contributed by atoms with van der Waals surface area (Å²) in [5.74, 6) is 0. The van der Waals surface area contributed by atoms with Crippen LogP contribution in [0.25, 0.3) is 0 Å². The summed E-state index contributed by atoms with van der Waals surface area (Å²) >= 11 is 0. The van der Waals surface area contributed by atoms with Crippen molar-refractivity contribution in [3.8, 4) is 0 Å². The van der Waals surface area contributed by atoms with Gasteiger partial charge in [-0.2, -0.15) is 0 Å². The van der Waals surface area contributed by atoms with E-state index < -0.39 is 0 Å². The molecular weight excluding hydrogens is 220 g/mol. The molecule has 0 aliphatic heterocycles. The van der Waals surface area contributed by atoms with E-state index in [2.05, 4.69) is 0 Å². The molecule has 3 radical (unpaired) electrons. The van der Waals surface area contributed by atoms with Crippen LogP contribution in [0.4, 0.5) is 0 Å². The molecule has 4 heteroatoms. The van der Waals surface area contributed by atoms with E-state index >= 15 is 0 Å². The largest absolute Gasteiger partial charge is 0 e. The Hall–Kier alpha value is 2.91. The molecule has 0 nitrogen and oxygen atoms in total. The first-order valence-electron chi connectivity index (χ1n) is 0. The predicted octanol–water partition coefficient (Wildman–Crippen LogP) is -0.388. The maximum absolute atomic E-state index is 0. The van der Waals surface area contributed by atoms with Crippen LogP contribution in [0.5, 0.6) is 0 Å². The standard InChI is InChI=1S/Ca.Co.Fe.Zn. The molecule has 0 saturated heterocycles. The van der Waals surface area contributed by atoms with Crippen molar-refractivity contribution in [2.75, 3.05) is 0 Å². The summed E-state index contributed by atoms with van der Waals surface area (Å²) in [7, 11) is 0. The fraction of sp³-hybridized carbons (Fsp3) is 0. The van der Waals surface area contributed by atoms with Crippen LogP contribution in [-0.4, -0.2) is 37.7 Å². The van der Waals surface area contributed by atoms with Crippen LogP contribution in [0.1, 0.15) is 0 Å². The average Bonchev–Trinajstić information content (AvgIpc) is 0. The second kappa shape index (κ2) is 16.8. The Labute approximate surface area is 89.3 Å². The monoisotopic (exact) mass is 219 g/mol. The summed E-state index contributed by atoms with van der Waals surface area (Å²) in [6, 6.07) is 0. The molecule has 0 aromatic heterocycles. The van der Waals surface area contributed by atoms with Crippen LogP contribution in [0, 0.1) is 0 Å². The third-order valence-corrected chi connectivity index (χ3v) is 0. The van der Waals surface area contributed by atoms with E-state index in [4.69, 9.17) is 0 Å². The molecule has 0 amide bonds. The first-order chi connectivity index (χ1) is 0. The van der Waals surface area contributed by atoms with Crippen molar-refractivity contribution in [1.29, 1.82) is 0 Å². The predicted molar refractivity (Wildman–Crippen MR) is 5.75 cm³/mol. The molecule has 21 valence electrons. The maximum Gasteiger partial charge on any atom is 0 e. The molecule has 0 saturated carbocycles. The Morgan fingerprint density at radius 1 is 1.00 bits per heavy atom. The van der Waals surface area contributed by atoms with Crippen LogP contribution in [-0.2, 0) is 53.3 Å². The third kappa shape index (κ3) is 8.86. The fourth-order valence-electron chi connectivity index (χ4n) is 0. The zero-order valence-corrected chi connectivity index (χ0v) is 9.42. The van der Waals surface area contributed by atoms with Gasteiger partial charge >= 0.3 is 0 Å². The molecule has 0 heterocycles.